The van der Waals surface area contributed by atoms with Gasteiger partial charge in [-0.1, -0.05) is 18.5 Å². The quantitative estimate of drug-likeness (QED) is 0.880. The third kappa shape index (κ3) is 3.68. The Labute approximate surface area is 117 Å². The first-order valence-electron chi connectivity index (χ1n) is 5.89. The van der Waals surface area contributed by atoms with E-state index < -0.39 is 10.0 Å². The summed E-state index contributed by atoms with van der Waals surface area (Å²) in [7, 11) is -3.87. The number of nitrogens with two attached hydrogens (primary N) is 1. The number of hydrogen-bond acceptors (Lipinski definition) is 3. The number of sulfonamides is 1. The molecule has 0 radical (unpaired) electrons. The number of amides is 1. The second-order valence-corrected chi connectivity index (χ2v) is 6.90. The average Bonchev–Trinajstić information content (AvgIpc) is 3.00. The van der Waals surface area contributed by atoms with Crippen molar-refractivity contribution in [1.82, 2.24) is 5.32 Å². The molecule has 1 aromatic carbocycles. The summed E-state index contributed by atoms with van der Waals surface area (Å²) in [5.41, 5.74) is 0.199. The van der Waals surface area contributed by atoms with Gasteiger partial charge in [0.05, 0.1) is 4.90 Å². The van der Waals surface area contributed by atoms with Gasteiger partial charge in [0.15, 0.2) is 0 Å². The number of primary sulfonamides is 1. The van der Waals surface area contributed by atoms with E-state index in [0.29, 0.717) is 18.4 Å². The Balaban J connectivity index is 2.15. The van der Waals surface area contributed by atoms with Crippen LogP contribution in [0.3, 0.4) is 0 Å². The average molecular weight is 303 g/mol. The standard InChI is InChI=1S/C12H15ClN2O3S/c1-7-2-9(7)6-15-12(16)8-3-10(13)5-11(4-8)19(14,17)18/h3-5,7,9H,2,6H2,1H3,(H,15,16)(H2,14,17,18). The molecular weight excluding hydrogens is 288 g/mol. The van der Waals surface area contributed by atoms with E-state index >= 15 is 0 Å². The smallest absolute Gasteiger partial charge is 0.251 e. The van der Waals surface area contributed by atoms with Crippen molar-refractivity contribution < 1.29 is 13.2 Å². The molecule has 0 heterocycles. The highest BCUT2D eigenvalue weighted by atomic mass is 35.5. The highest BCUT2D eigenvalue weighted by Crippen LogP contribution is 2.36. The van der Waals surface area contributed by atoms with E-state index in [1.54, 1.807) is 0 Å². The molecule has 0 saturated heterocycles. The maximum absolute atomic E-state index is 11.9. The lowest BCUT2D eigenvalue weighted by Gasteiger charge is -2.07. The van der Waals surface area contributed by atoms with Gasteiger partial charge in [-0.25, -0.2) is 13.6 Å². The molecule has 1 aliphatic carbocycles. The zero-order chi connectivity index (χ0) is 14.2. The minimum Gasteiger partial charge on any atom is -0.352 e. The van der Waals surface area contributed by atoms with Crippen LogP contribution in [-0.2, 0) is 10.0 Å². The molecule has 104 valence electrons. The third-order valence-electron chi connectivity index (χ3n) is 3.26. The molecule has 19 heavy (non-hydrogen) atoms. The fourth-order valence-electron chi connectivity index (χ4n) is 1.87. The predicted octanol–water partition coefficient (Wildman–Crippen LogP) is 1.37. The molecule has 3 N–H and O–H groups in total. The molecule has 1 amide bonds. The summed E-state index contributed by atoms with van der Waals surface area (Å²) >= 11 is 5.80. The van der Waals surface area contributed by atoms with Crippen molar-refractivity contribution in [3.8, 4) is 0 Å². The molecule has 0 spiro atoms. The molecule has 1 saturated carbocycles. The normalized spacial score (nSPS) is 22.1. The summed E-state index contributed by atoms with van der Waals surface area (Å²) in [6.07, 6.45) is 1.11. The molecule has 1 aromatic rings. The molecule has 1 aliphatic rings. The number of carbonyl (C=O) groups excluding carboxylic acids is 1. The topological polar surface area (TPSA) is 89.3 Å². The summed E-state index contributed by atoms with van der Waals surface area (Å²) in [5.74, 6) is 0.812. The van der Waals surface area contributed by atoms with Crippen molar-refractivity contribution in [3.05, 3.63) is 28.8 Å². The van der Waals surface area contributed by atoms with Crippen LogP contribution in [-0.4, -0.2) is 20.9 Å². The third-order valence-corrected chi connectivity index (χ3v) is 4.37. The lowest BCUT2D eigenvalue weighted by molar-refractivity contribution is 0.0951. The van der Waals surface area contributed by atoms with Crippen LogP contribution in [0.1, 0.15) is 23.7 Å². The number of rotatable bonds is 4. The van der Waals surface area contributed by atoms with E-state index in [2.05, 4.69) is 12.2 Å². The zero-order valence-corrected chi connectivity index (χ0v) is 12.0. The molecule has 2 unspecified atom stereocenters. The maximum Gasteiger partial charge on any atom is 0.251 e. The van der Waals surface area contributed by atoms with Crippen molar-refractivity contribution in [2.45, 2.75) is 18.2 Å². The van der Waals surface area contributed by atoms with Crippen LogP contribution in [0.4, 0.5) is 0 Å². The maximum atomic E-state index is 11.9. The lowest BCUT2D eigenvalue weighted by Crippen LogP contribution is -2.26. The van der Waals surface area contributed by atoms with E-state index in [4.69, 9.17) is 16.7 Å². The number of carbonyl (C=O) groups is 1. The van der Waals surface area contributed by atoms with Crippen molar-refractivity contribution in [2.75, 3.05) is 6.54 Å². The first-order chi connectivity index (χ1) is 8.77. The van der Waals surface area contributed by atoms with Gasteiger partial charge in [0, 0.05) is 17.1 Å². The number of benzene rings is 1. The second kappa shape index (κ2) is 5.11. The first-order valence-corrected chi connectivity index (χ1v) is 7.81. The second-order valence-electron chi connectivity index (χ2n) is 4.90. The van der Waals surface area contributed by atoms with Gasteiger partial charge in [0.1, 0.15) is 0 Å². The van der Waals surface area contributed by atoms with Crippen LogP contribution in [0.5, 0.6) is 0 Å². The fraction of sp³-hybridized carbons (Fsp3) is 0.417. The minimum atomic E-state index is -3.87. The molecule has 2 rings (SSSR count). The number of halogens is 1. The van der Waals surface area contributed by atoms with E-state index in [1.165, 1.54) is 18.2 Å². The van der Waals surface area contributed by atoms with Crippen molar-refractivity contribution in [2.24, 2.45) is 17.0 Å². The largest absolute Gasteiger partial charge is 0.352 e. The highest BCUT2D eigenvalue weighted by Gasteiger charge is 2.32. The van der Waals surface area contributed by atoms with Crippen molar-refractivity contribution >= 4 is 27.5 Å². The Bertz CT molecular complexity index is 615. The molecule has 0 aliphatic heterocycles. The molecule has 1 fully saturated rings. The van der Waals surface area contributed by atoms with E-state index in [9.17, 15) is 13.2 Å². The summed E-state index contributed by atoms with van der Waals surface area (Å²) in [5, 5.41) is 7.95. The van der Waals surface area contributed by atoms with Crippen LogP contribution in [0.2, 0.25) is 5.02 Å². The summed E-state index contributed by atoms with van der Waals surface area (Å²) < 4.78 is 22.5. The van der Waals surface area contributed by atoms with E-state index in [1.807, 2.05) is 0 Å². The van der Waals surface area contributed by atoms with E-state index in [0.717, 1.165) is 6.42 Å². The van der Waals surface area contributed by atoms with Crippen LogP contribution in [0, 0.1) is 11.8 Å². The molecule has 7 heteroatoms. The SMILES string of the molecule is CC1CC1CNC(=O)c1cc(Cl)cc(S(N)(=O)=O)c1. The Morgan fingerprint density at radius 1 is 1.47 bits per heavy atom. The number of hydrogen-bond donors (Lipinski definition) is 2. The minimum absolute atomic E-state index is 0.162. The first kappa shape index (κ1) is 14.3. The van der Waals surface area contributed by atoms with Gasteiger partial charge in [0.25, 0.3) is 5.91 Å². The van der Waals surface area contributed by atoms with Crippen LogP contribution in [0.15, 0.2) is 23.1 Å². The zero-order valence-electron chi connectivity index (χ0n) is 10.4. The lowest BCUT2D eigenvalue weighted by atomic mass is 10.2. The Morgan fingerprint density at radius 3 is 2.63 bits per heavy atom. The summed E-state index contributed by atoms with van der Waals surface area (Å²) in [4.78, 5) is 11.7. The Kier molecular flexibility index (Phi) is 3.85. The van der Waals surface area contributed by atoms with Gasteiger partial charge < -0.3 is 5.32 Å². The number of nitrogens with one attached hydrogen (secondary N) is 1. The van der Waals surface area contributed by atoms with Crippen molar-refractivity contribution in [1.29, 1.82) is 0 Å². The molecule has 5 nitrogen and oxygen atoms in total. The summed E-state index contributed by atoms with van der Waals surface area (Å²) in [6, 6.07) is 3.87. The molecule has 2 atom stereocenters. The van der Waals surface area contributed by atoms with Crippen LogP contribution >= 0.6 is 11.6 Å². The predicted molar refractivity (Wildman–Crippen MR) is 72.4 cm³/mol. The van der Waals surface area contributed by atoms with Gasteiger partial charge >= 0.3 is 0 Å². The van der Waals surface area contributed by atoms with Gasteiger partial charge in [0.2, 0.25) is 10.0 Å². The van der Waals surface area contributed by atoms with Crippen LogP contribution in [0.25, 0.3) is 0 Å². The van der Waals surface area contributed by atoms with Crippen LogP contribution < -0.4 is 10.5 Å². The van der Waals surface area contributed by atoms with Gasteiger partial charge in [-0.05, 0) is 36.5 Å². The fourth-order valence-corrected chi connectivity index (χ4v) is 2.75. The highest BCUT2D eigenvalue weighted by molar-refractivity contribution is 7.89. The Hall–Kier alpha value is -1.11. The van der Waals surface area contributed by atoms with Crippen molar-refractivity contribution in [3.63, 3.8) is 0 Å². The Morgan fingerprint density at radius 2 is 2.11 bits per heavy atom. The molecular formula is C12H15ClN2O3S. The van der Waals surface area contributed by atoms with Gasteiger partial charge in [-0.3, -0.25) is 4.79 Å². The van der Waals surface area contributed by atoms with Gasteiger partial charge in [-0.2, -0.15) is 0 Å². The molecule has 0 bridgehead atoms. The van der Waals surface area contributed by atoms with Gasteiger partial charge in [-0.15, -0.1) is 0 Å². The summed E-state index contributed by atoms with van der Waals surface area (Å²) in [6.45, 7) is 2.71. The van der Waals surface area contributed by atoms with E-state index in [-0.39, 0.29) is 21.4 Å². The monoisotopic (exact) mass is 302 g/mol. The molecule has 0 aromatic heterocycles.